The average molecular weight is 470 g/mol. The molecule has 3 rings (SSSR count). The first-order chi connectivity index (χ1) is 16.1. The zero-order valence-electron chi connectivity index (χ0n) is 18.9. The van der Waals surface area contributed by atoms with E-state index in [4.69, 9.17) is 9.47 Å². The maximum atomic E-state index is 12.9. The highest BCUT2D eigenvalue weighted by Gasteiger charge is 2.52. The van der Waals surface area contributed by atoms with Gasteiger partial charge < -0.3 is 14.8 Å². The van der Waals surface area contributed by atoms with Crippen LogP contribution in [-0.2, 0) is 36.0 Å². The van der Waals surface area contributed by atoms with Crippen LogP contribution in [0.1, 0.15) is 37.3 Å². The Morgan fingerprint density at radius 3 is 2.30 bits per heavy atom. The van der Waals surface area contributed by atoms with Gasteiger partial charge >= 0.3 is 5.97 Å². The molecule has 1 N–H and O–H groups in total. The molecule has 0 unspecified atom stereocenters. The van der Waals surface area contributed by atoms with Crippen molar-refractivity contribution in [2.75, 3.05) is 12.4 Å². The summed E-state index contributed by atoms with van der Waals surface area (Å²) in [5.74, 6) is 0.246. The average Bonchev–Trinajstić information content (AvgIpc) is 3.64. The van der Waals surface area contributed by atoms with Gasteiger partial charge in [-0.15, -0.1) is 0 Å². The van der Waals surface area contributed by atoms with Crippen molar-refractivity contribution >= 4 is 29.4 Å². The maximum absolute atomic E-state index is 12.9. The summed E-state index contributed by atoms with van der Waals surface area (Å²) in [6.07, 6.45) is 1.24. The zero-order valence-corrected chi connectivity index (χ0v) is 19.7. The summed E-state index contributed by atoms with van der Waals surface area (Å²) in [6.45, 7) is 1.93. The summed E-state index contributed by atoms with van der Waals surface area (Å²) >= 11 is 1.60. The molecule has 0 aliphatic carbocycles. The molecule has 1 saturated heterocycles. The number of thioether (sulfide) groups is 1. The van der Waals surface area contributed by atoms with E-state index < -0.39 is 30.1 Å². The van der Waals surface area contributed by atoms with Crippen LogP contribution in [0.15, 0.2) is 60.7 Å². The van der Waals surface area contributed by atoms with E-state index in [1.165, 1.54) is 5.56 Å². The highest BCUT2D eigenvalue weighted by atomic mass is 32.2. The number of Topliss-reactive ketones (excluding diaryl/α,β-unsaturated/α-hetero) is 1. The molecule has 0 aromatic heterocycles. The summed E-state index contributed by atoms with van der Waals surface area (Å²) in [7, 11) is 0. The van der Waals surface area contributed by atoms with E-state index >= 15 is 0 Å². The summed E-state index contributed by atoms with van der Waals surface area (Å²) in [4.78, 5) is 37.3. The lowest BCUT2D eigenvalue weighted by Gasteiger charge is -2.17. The molecule has 33 heavy (non-hydrogen) atoms. The fourth-order valence-corrected chi connectivity index (χ4v) is 4.55. The third-order valence-electron chi connectivity index (χ3n) is 5.35. The number of ether oxygens (including phenoxy) is 2. The van der Waals surface area contributed by atoms with E-state index in [0.29, 0.717) is 12.2 Å². The van der Waals surface area contributed by atoms with Crippen molar-refractivity contribution in [3.05, 3.63) is 71.8 Å². The van der Waals surface area contributed by atoms with Gasteiger partial charge in [0.2, 0.25) is 0 Å². The highest BCUT2D eigenvalue weighted by molar-refractivity contribution is 7.98. The molecule has 1 amide bonds. The van der Waals surface area contributed by atoms with Crippen LogP contribution >= 0.6 is 11.8 Å². The summed E-state index contributed by atoms with van der Waals surface area (Å²) in [6, 6.07) is 19.6. The van der Waals surface area contributed by atoms with Crippen molar-refractivity contribution in [1.82, 2.24) is 5.32 Å². The van der Waals surface area contributed by atoms with E-state index in [1.54, 1.807) is 18.7 Å². The van der Waals surface area contributed by atoms with Gasteiger partial charge in [0.05, 0.1) is 12.6 Å². The summed E-state index contributed by atoms with van der Waals surface area (Å²) in [5, 5.41) is 2.81. The molecule has 0 radical (unpaired) electrons. The minimum Gasteiger partial charge on any atom is -0.464 e. The third kappa shape index (κ3) is 8.33. The zero-order chi connectivity index (χ0) is 23.5. The second kappa shape index (κ2) is 13.2. The Balaban J connectivity index is 1.49. The number of unbranched alkanes of at least 4 members (excludes halogenated alkanes) is 1. The number of epoxide rings is 1. The van der Waals surface area contributed by atoms with Crippen molar-refractivity contribution in [3.63, 3.8) is 0 Å². The molecule has 6 nitrogen and oxygen atoms in total. The Labute approximate surface area is 199 Å². The van der Waals surface area contributed by atoms with Gasteiger partial charge in [0.1, 0.15) is 0 Å². The Hall–Kier alpha value is -2.64. The minimum atomic E-state index is -0.878. The van der Waals surface area contributed by atoms with Crippen LogP contribution in [0.4, 0.5) is 0 Å². The van der Waals surface area contributed by atoms with Gasteiger partial charge in [-0.3, -0.25) is 9.59 Å². The van der Waals surface area contributed by atoms with Crippen molar-refractivity contribution < 1.29 is 23.9 Å². The molecule has 176 valence electrons. The first kappa shape index (κ1) is 25.0. The third-order valence-corrected chi connectivity index (χ3v) is 6.46. The molecule has 1 fully saturated rings. The number of rotatable bonds is 14. The Morgan fingerprint density at radius 1 is 0.970 bits per heavy atom. The second-order valence-corrected chi connectivity index (χ2v) is 8.98. The van der Waals surface area contributed by atoms with Crippen molar-refractivity contribution in [2.24, 2.45) is 0 Å². The molecular weight excluding hydrogens is 438 g/mol. The number of carbonyl (C=O) groups is 3. The van der Waals surface area contributed by atoms with Crippen LogP contribution in [0, 0.1) is 0 Å². The van der Waals surface area contributed by atoms with Crippen molar-refractivity contribution in [2.45, 2.75) is 56.6 Å². The first-order valence-corrected chi connectivity index (χ1v) is 12.5. The Kier molecular flexibility index (Phi) is 9.97. The SMILES string of the molecule is CCOC(=O)[C@H]1O[C@@H]1C(=O)N[C@@H](CSCc1ccccc1)C(=O)CCCCc1ccccc1. The lowest BCUT2D eigenvalue weighted by Crippen LogP contribution is -2.45. The van der Waals surface area contributed by atoms with Crippen LogP contribution in [0.25, 0.3) is 0 Å². The molecule has 1 aliphatic heterocycles. The lowest BCUT2D eigenvalue weighted by molar-refractivity contribution is -0.144. The molecule has 3 atom stereocenters. The van der Waals surface area contributed by atoms with Crippen molar-refractivity contribution in [3.8, 4) is 0 Å². The number of nitrogens with one attached hydrogen (secondary N) is 1. The van der Waals surface area contributed by atoms with Gasteiger partial charge in [-0.05, 0) is 37.3 Å². The van der Waals surface area contributed by atoms with E-state index in [0.717, 1.165) is 30.6 Å². The predicted octanol–water partition coefficient (Wildman–Crippen LogP) is 3.72. The second-order valence-electron chi connectivity index (χ2n) is 7.95. The Morgan fingerprint density at radius 2 is 1.64 bits per heavy atom. The number of hydrogen-bond donors (Lipinski definition) is 1. The van der Waals surface area contributed by atoms with Crippen LogP contribution in [0.3, 0.4) is 0 Å². The monoisotopic (exact) mass is 469 g/mol. The highest BCUT2D eigenvalue weighted by Crippen LogP contribution is 2.24. The molecule has 1 heterocycles. The predicted molar refractivity (Wildman–Crippen MR) is 129 cm³/mol. The number of ketones is 1. The molecule has 1 aliphatic rings. The smallest absolute Gasteiger partial charge is 0.338 e. The fraction of sp³-hybridized carbons (Fsp3) is 0.423. The number of aryl methyl sites for hydroxylation is 1. The lowest BCUT2D eigenvalue weighted by atomic mass is 10.0. The van der Waals surface area contributed by atoms with E-state index in [9.17, 15) is 14.4 Å². The fourth-order valence-electron chi connectivity index (χ4n) is 3.50. The number of carbonyl (C=O) groups excluding carboxylic acids is 3. The van der Waals surface area contributed by atoms with E-state index in [-0.39, 0.29) is 12.4 Å². The van der Waals surface area contributed by atoms with Gasteiger partial charge in [-0.25, -0.2) is 4.79 Å². The van der Waals surface area contributed by atoms with Gasteiger partial charge in [0.25, 0.3) is 5.91 Å². The van der Waals surface area contributed by atoms with Crippen LogP contribution in [0.2, 0.25) is 0 Å². The topological polar surface area (TPSA) is 85.0 Å². The number of hydrogen-bond acceptors (Lipinski definition) is 6. The molecule has 0 spiro atoms. The number of amides is 1. The van der Waals surface area contributed by atoms with Crippen LogP contribution in [0.5, 0.6) is 0 Å². The molecule has 2 aromatic rings. The molecular formula is C26H31NO5S. The van der Waals surface area contributed by atoms with Crippen molar-refractivity contribution in [1.29, 1.82) is 0 Å². The molecule has 7 heteroatoms. The first-order valence-electron chi connectivity index (χ1n) is 11.4. The standard InChI is InChI=1S/C26H31NO5S/c1-2-31-26(30)24-23(32-24)25(29)27-21(18-33-17-20-14-7-4-8-15-20)22(28)16-10-9-13-19-11-5-3-6-12-19/h3-8,11-12,14-15,21,23-24H,2,9-10,13,16-18H2,1H3,(H,27,29)/t21-,23-,24-/m0/s1. The largest absolute Gasteiger partial charge is 0.464 e. The van der Waals surface area contributed by atoms with Gasteiger partial charge in [0.15, 0.2) is 18.0 Å². The maximum Gasteiger partial charge on any atom is 0.338 e. The van der Waals surface area contributed by atoms with Crippen LogP contribution < -0.4 is 5.32 Å². The molecule has 0 saturated carbocycles. The quantitative estimate of drug-likeness (QED) is 0.258. The number of benzene rings is 2. The summed E-state index contributed by atoms with van der Waals surface area (Å²) in [5.41, 5.74) is 2.42. The molecule has 2 aromatic carbocycles. The van der Waals surface area contributed by atoms with E-state index in [2.05, 4.69) is 17.4 Å². The van der Waals surface area contributed by atoms with E-state index in [1.807, 2.05) is 48.5 Å². The van der Waals surface area contributed by atoms with Gasteiger partial charge in [0, 0.05) is 17.9 Å². The number of esters is 1. The van der Waals surface area contributed by atoms with Crippen LogP contribution in [-0.4, -0.2) is 48.3 Å². The molecule has 0 bridgehead atoms. The minimum absolute atomic E-state index is 0.00491. The van der Waals surface area contributed by atoms with Gasteiger partial charge in [-0.1, -0.05) is 60.7 Å². The Bertz CT molecular complexity index is 905. The van der Waals surface area contributed by atoms with Gasteiger partial charge in [-0.2, -0.15) is 11.8 Å². The summed E-state index contributed by atoms with van der Waals surface area (Å²) < 4.78 is 10.1. The normalized spacial score (nSPS) is 17.7.